The number of hydrogen-bond donors (Lipinski definition) is 0. The molecule has 1 aliphatic heterocycles. The van der Waals surface area contributed by atoms with E-state index in [4.69, 9.17) is 11.6 Å². The van der Waals surface area contributed by atoms with Crippen molar-refractivity contribution in [2.75, 3.05) is 0 Å². The molecule has 1 aromatic rings. The van der Waals surface area contributed by atoms with Gasteiger partial charge in [0.15, 0.2) is 0 Å². The summed E-state index contributed by atoms with van der Waals surface area (Å²) in [5, 5.41) is -3.64. The van der Waals surface area contributed by atoms with E-state index in [1.54, 1.807) is 24.2 Å². The summed E-state index contributed by atoms with van der Waals surface area (Å²) in [6.45, 7) is 2.30. The number of benzene rings is 1. The van der Waals surface area contributed by atoms with Gasteiger partial charge < -0.3 is 0 Å². The van der Waals surface area contributed by atoms with Gasteiger partial charge in [0.1, 0.15) is 5.82 Å². The highest BCUT2D eigenvalue weighted by atomic mass is 35.5. The van der Waals surface area contributed by atoms with Gasteiger partial charge in [0.25, 0.3) is 0 Å². The Balaban J connectivity index is 1.29. The van der Waals surface area contributed by atoms with Crippen molar-refractivity contribution in [3.8, 4) is 0 Å². The first-order valence-corrected chi connectivity index (χ1v) is 16.1. The van der Waals surface area contributed by atoms with Gasteiger partial charge in [0.2, 0.25) is 0 Å². The Bertz CT molecular complexity index is 674. The van der Waals surface area contributed by atoms with Crippen LogP contribution in [0.4, 0.5) is 13.2 Å². The van der Waals surface area contributed by atoms with Crippen LogP contribution in [0.15, 0.2) is 18.2 Å². The highest BCUT2D eigenvalue weighted by Crippen LogP contribution is 2.40. The van der Waals surface area contributed by atoms with Gasteiger partial charge in [0.05, 0.1) is 5.56 Å². The van der Waals surface area contributed by atoms with Gasteiger partial charge in [-0.2, -0.15) is 8.78 Å². The third-order valence-corrected chi connectivity index (χ3v) is 12.0. The van der Waals surface area contributed by atoms with Crippen molar-refractivity contribution < 1.29 is 13.2 Å². The molecule has 0 bridgehead atoms. The summed E-state index contributed by atoms with van der Waals surface area (Å²) in [6.07, 6.45) is 17.2. The molecule has 0 spiro atoms. The fourth-order valence-electron chi connectivity index (χ4n) is 6.16. The molecule has 1 heterocycles. The van der Waals surface area contributed by atoms with Crippen molar-refractivity contribution in [1.29, 1.82) is 0 Å². The smallest absolute Gasteiger partial charge is 0.206 e. The van der Waals surface area contributed by atoms with Crippen molar-refractivity contribution in [2.24, 2.45) is 11.8 Å². The first-order valence-electron chi connectivity index (χ1n) is 13.2. The van der Waals surface area contributed by atoms with E-state index in [1.807, 2.05) is 0 Å². The van der Waals surface area contributed by atoms with Crippen molar-refractivity contribution in [3.05, 3.63) is 35.1 Å². The average Bonchev–Trinajstić information content (AvgIpc) is 2.77. The van der Waals surface area contributed by atoms with Crippen molar-refractivity contribution in [3.63, 3.8) is 0 Å². The summed E-state index contributed by atoms with van der Waals surface area (Å²) in [7, 11) is -0.375. The van der Waals surface area contributed by atoms with Crippen LogP contribution < -0.4 is 0 Å². The van der Waals surface area contributed by atoms with E-state index in [-0.39, 0.29) is 14.7 Å². The lowest BCUT2D eigenvalue weighted by molar-refractivity contribution is 0.0906. The van der Waals surface area contributed by atoms with Gasteiger partial charge in [-0.1, -0.05) is 88.9 Å². The van der Waals surface area contributed by atoms with Crippen LogP contribution in [0, 0.1) is 17.7 Å². The minimum Gasteiger partial charge on any atom is -0.206 e. The Morgan fingerprint density at radius 2 is 1.53 bits per heavy atom. The lowest BCUT2D eigenvalue weighted by atomic mass is 9.77. The third-order valence-electron chi connectivity index (χ3n) is 8.27. The zero-order valence-electron chi connectivity index (χ0n) is 19.9. The number of unbranched alkanes of at least 4 members (excludes halogenated alkanes) is 3. The molecule has 0 atom stereocenters. The van der Waals surface area contributed by atoms with Crippen LogP contribution in [0.5, 0.6) is 0 Å². The van der Waals surface area contributed by atoms with Gasteiger partial charge in [-0.3, -0.25) is 0 Å². The second-order valence-electron chi connectivity index (χ2n) is 10.6. The maximum Gasteiger partial charge on any atom is 0.351 e. The summed E-state index contributed by atoms with van der Waals surface area (Å²) < 4.78 is 40.5. The van der Waals surface area contributed by atoms with E-state index in [0.717, 1.165) is 36.3 Å². The topological polar surface area (TPSA) is 0 Å². The quantitative estimate of drug-likeness (QED) is 0.166. The summed E-state index contributed by atoms with van der Waals surface area (Å²) >= 11 is 4.99. The second-order valence-corrected chi connectivity index (χ2v) is 14.6. The molecule has 0 radical (unpaired) electrons. The summed E-state index contributed by atoms with van der Waals surface area (Å²) in [5.74, 6) is 1.18. The normalized spacial score (nSPS) is 26.9. The molecule has 0 amide bonds. The van der Waals surface area contributed by atoms with E-state index in [0.29, 0.717) is 0 Å². The number of hydrogen-bond acceptors (Lipinski definition) is 0. The molecule has 0 N–H and O–H groups in total. The van der Waals surface area contributed by atoms with Crippen molar-refractivity contribution in [1.82, 2.24) is 0 Å². The van der Waals surface area contributed by atoms with E-state index >= 15 is 0 Å². The van der Waals surface area contributed by atoms with E-state index in [9.17, 15) is 13.2 Å². The van der Waals surface area contributed by atoms with Crippen molar-refractivity contribution >= 4 is 20.4 Å². The Kier molecular flexibility index (Phi) is 10.5. The molecule has 1 aromatic carbocycles. The first-order chi connectivity index (χ1) is 15.4. The predicted molar refractivity (Wildman–Crippen MR) is 133 cm³/mol. The van der Waals surface area contributed by atoms with E-state index < -0.39 is 16.8 Å². The summed E-state index contributed by atoms with van der Waals surface area (Å²) in [4.78, 5) is 0. The molecule has 182 valence electrons. The predicted octanol–water partition coefficient (Wildman–Crippen LogP) is 9.78. The second kappa shape index (κ2) is 12.8. The van der Waals surface area contributed by atoms with Gasteiger partial charge in [-0.05, 0) is 72.7 Å². The molecule has 1 aliphatic carbocycles. The minimum absolute atomic E-state index is 0.287. The first kappa shape index (κ1) is 26.1. The van der Waals surface area contributed by atoms with Crippen molar-refractivity contribution in [2.45, 2.75) is 120 Å². The van der Waals surface area contributed by atoms with Crippen LogP contribution in [-0.4, -0.2) is 8.80 Å². The van der Waals surface area contributed by atoms with E-state index in [1.165, 1.54) is 76.7 Å². The monoisotopic (exact) mass is 486 g/mol. The van der Waals surface area contributed by atoms with E-state index in [2.05, 4.69) is 6.92 Å². The molecule has 5 heteroatoms. The molecule has 2 fully saturated rings. The molecule has 1 saturated carbocycles. The van der Waals surface area contributed by atoms with Crippen LogP contribution in [0.25, 0.3) is 0 Å². The molecular weight excluding hydrogens is 445 g/mol. The maximum absolute atomic E-state index is 14.1. The highest BCUT2D eigenvalue weighted by Gasteiger charge is 2.32. The Labute approximate surface area is 200 Å². The molecule has 0 aromatic heterocycles. The number of halogens is 4. The van der Waals surface area contributed by atoms with Crippen LogP contribution in [0.3, 0.4) is 0 Å². The lowest BCUT2D eigenvalue weighted by Crippen LogP contribution is -2.21. The zero-order valence-corrected chi connectivity index (χ0v) is 21.8. The Morgan fingerprint density at radius 3 is 2.09 bits per heavy atom. The van der Waals surface area contributed by atoms with Crippen LogP contribution in [-0.2, 0) is 5.38 Å². The molecule has 3 rings (SSSR count). The van der Waals surface area contributed by atoms with Crippen LogP contribution >= 0.6 is 11.6 Å². The molecule has 32 heavy (non-hydrogen) atoms. The Hall–Kier alpha value is -0.483. The summed E-state index contributed by atoms with van der Waals surface area (Å²) in [6, 6.07) is 8.87. The van der Waals surface area contributed by atoms with Gasteiger partial charge in [-0.25, -0.2) is 4.39 Å². The largest absolute Gasteiger partial charge is 0.351 e. The fraction of sp³-hybridized carbons (Fsp3) is 0.778. The van der Waals surface area contributed by atoms with Crippen LogP contribution in [0.2, 0.25) is 18.1 Å². The lowest BCUT2D eigenvalue weighted by Gasteiger charge is -2.30. The zero-order chi connectivity index (χ0) is 23.0. The molecule has 0 unspecified atom stereocenters. The summed E-state index contributed by atoms with van der Waals surface area (Å²) in [5.41, 5.74) is 0.128. The SMILES string of the molecule is CCCCC[Si@H]1CC[C@H](CCCC[C@H]2CC[C@H](c3ccc(C(F)(F)Cl)c(F)c3)CC2)CC1. The van der Waals surface area contributed by atoms with Gasteiger partial charge in [-0.15, -0.1) is 0 Å². The number of alkyl halides is 3. The number of rotatable bonds is 11. The minimum atomic E-state index is -3.64. The fourth-order valence-corrected chi connectivity index (χ4v) is 9.93. The standard InChI is InChI=1S/C27H42ClF3Si/c1-2-3-6-17-32-18-15-22(16-19-32)8-5-4-7-21-9-11-23(12-10-21)24-13-14-25(26(29)20-24)27(28,30)31/h13-14,20-23,32H,2-12,15-19H2,1H3/t21-,22-,23-,32-. The molecule has 1 saturated heterocycles. The highest BCUT2D eigenvalue weighted by molar-refractivity contribution is 6.58. The maximum atomic E-state index is 14.1. The molecule has 2 aliphatic rings. The molecular formula is C27H42ClF3Si. The van der Waals surface area contributed by atoms with Gasteiger partial charge >= 0.3 is 5.38 Å². The molecule has 0 nitrogen and oxygen atoms in total. The Morgan fingerprint density at radius 1 is 0.906 bits per heavy atom. The third kappa shape index (κ3) is 8.08. The average molecular weight is 487 g/mol. The van der Waals surface area contributed by atoms with Gasteiger partial charge in [0, 0.05) is 8.80 Å². The van der Waals surface area contributed by atoms with Crippen LogP contribution in [0.1, 0.15) is 107 Å².